The van der Waals surface area contributed by atoms with Crippen LogP contribution in [-0.2, 0) is 24.1 Å². The van der Waals surface area contributed by atoms with Crippen LogP contribution < -0.4 is 5.32 Å². The molecule has 1 saturated heterocycles. The molecule has 1 aliphatic rings. The third kappa shape index (κ3) is 3.97. The van der Waals surface area contributed by atoms with Gasteiger partial charge >= 0.3 is 0 Å². The zero-order valence-corrected chi connectivity index (χ0v) is 14.1. The van der Waals surface area contributed by atoms with Gasteiger partial charge in [0, 0.05) is 40.7 Å². The summed E-state index contributed by atoms with van der Waals surface area (Å²) < 4.78 is 11.0. The molecule has 0 spiro atoms. The minimum absolute atomic E-state index is 0.391. The first-order valence-electron chi connectivity index (χ1n) is 8.05. The van der Waals surface area contributed by atoms with Gasteiger partial charge in [-0.2, -0.15) is 0 Å². The molecule has 5 heteroatoms. The molecule has 1 N–H and O–H groups in total. The van der Waals surface area contributed by atoms with E-state index in [0.717, 1.165) is 37.6 Å². The van der Waals surface area contributed by atoms with Gasteiger partial charge in [0.2, 0.25) is 0 Å². The molecule has 0 bridgehead atoms. The molecule has 1 aliphatic heterocycles. The van der Waals surface area contributed by atoms with E-state index in [1.165, 1.54) is 22.6 Å². The fraction of sp³-hybridized carbons (Fsp3) is 0.588. The van der Waals surface area contributed by atoms with Gasteiger partial charge in [0.1, 0.15) is 5.76 Å². The molecule has 22 heavy (non-hydrogen) atoms. The maximum absolute atomic E-state index is 5.66. The largest absolute Gasteiger partial charge is 0.379 e. The predicted molar refractivity (Wildman–Crippen MR) is 88.2 cm³/mol. The predicted octanol–water partition coefficient (Wildman–Crippen LogP) is 3.34. The first-order valence-corrected chi connectivity index (χ1v) is 8.87. The van der Waals surface area contributed by atoms with E-state index < -0.39 is 0 Å². The van der Waals surface area contributed by atoms with E-state index in [1.807, 2.05) is 24.3 Å². The van der Waals surface area contributed by atoms with Crippen molar-refractivity contribution in [2.75, 3.05) is 13.2 Å². The Balaban J connectivity index is 1.52. The summed E-state index contributed by atoms with van der Waals surface area (Å²) in [6.45, 7) is 6.68. The van der Waals surface area contributed by atoms with Gasteiger partial charge < -0.3 is 14.6 Å². The van der Waals surface area contributed by atoms with Gasteiger partial charge in [-0.3, -0.25) is 0 Å². The summed E-state index contributed by atoms with van der Waals surface area (Å²) in [5.41, 5.74) is 0.945. The summed E-state index contributed by atoms with van der Waals surface area (Å²) in [5, 5.41) is 7.62. The molecular formula is C17H24N2O2S. The third-order valence-corrected chi connectivity index (χ3v) is 5.24. The number of nitrogens with one attached hydrogen (secondary N) is 1. The van der Waals surface area contributed by atoms with Crippen LogP contribution in [0.1, 0.15) is 34.6 Å². The Labute approximate surface area is 135 Å². The van der Waals surface area contributed by atoms with E-state index in [4.69, 9.17) is 9.26 Å². The number of rotatable bonds is 7. The van der Waals surface area contributed by atoms with Gasteiger partial charge in [-0.25, -0.2) is 0 Å². The normalized spacial score (nSPS) is 21.5. The molecule has 120 valence electrons. The van der Waals surface area contributed by atoms with E-state index in [9.17, 15) is 0 Å². The molecule has 2 atom stereocenters. The summed E-state index contributed by atoms with van der Waals surface area (Å²) >= 11 is 1.92. The Hall–Kier alpha value is -1.17. The van der Waals surface area contributed by atoms with Gasteiger partial charge in [-0.05, 0) is 25.5 Å². The molecule has 0 unspecified atom stereocenters. The van der Waals surface area contributed by atoms with E-state index in [1.54, 1.807) is 0 Å². The molecule has 0 radical (unpaired) electrons. The van der Waals surface area contributed by atoms with Crippen molar-refractivity contribution in [3.8, 4) is 0 Å². The standard InChI is InChI=1S/C17H24N2O2S/c1-3-4-15-5-6-16(22-15)9-18-17-11-20-10-13(17)8-14-7-12(2)19-21-14/h5-7,13,17-18H,3-4,8-11H2,1-2H3/t13-,17-/m1/s1. The number of ether oxygens (including phenoxy) is 1. The van der Waals surface area contributed by atoms with Crippen molar-refractivity contribution in [3.63, 3.8) is 0 Å². The Bertz CT molecular complexity index is 593. The highest BCUT2D eigenvalue weighted by atomic mass is 32.1. The molecular weight excluding hydrogens is 296 g/mol. The number of aryl methyl sites for hydroxylation is 2. The lowest BCUT2D eigenvalue weighted by molar-refractivity contribution is 0.181. The van der Waals surface area contributed by atoms with Crippen LogP contribution in [0.3, 0.4) is 0 Å². The number of hydrogen-bond donors (Lipinski definition) is 1. The SMILES string of the molecule is CCCc1ccc(CN[C@@H]2COC[C@H]2Cc2cc(C)no2)s1. The van der Waals surface area contributed by atoms with Gasteiger partial charge in [0.05, 0.1) is 18.9 Å². The number of hydrogen-bond acceptors (Lipinski definition) is 5. The molecule has 0 aromatic carbocycles. The average molecular weight is 320 g/mol. The van der Waals surface area contributed by atoms with Crippen molar-refractivity contribution >= 4 is 11.3 Å². The number of aromatic nitrogens is 1. The molecule has 0 amide bonds. The highest BCUT2D eigenvalue weighted by Crippen LogP contribution is 2.22. The van der Waals surface area contributed by atoms with Crippen molar-refractivity contribution in [2.45, 2.75) is 45.7 Å². The van der Waals surface area contributed by atoms with Crippen molar-refractivity contribution in [1.82, 2.24) is 10.5 Å². The Morgan fingerprint density at radius 2 is 2.18 bits per heavy atom. The van der Waals surface area contributed by atoms with Gasteiger partial charge in [0.25, 0.3) is 0 Å². The molecule has 2 aromatic rings. The molecule has 2 aromatic heterocycles. The Morgan fingerprint density at radius 3 is 2.95 bits per heavy atom. The zero-order chi connectivity index (χ0) is 15.4. The molecule has 0 saturated carbocycles. The highest BCUT2D eigenvalue weighted by molar-refractivity contribution is 7.11. The fourth-order valence-electron chi connectivity index (χ4n) is 2.93. The molecule has 4 nitrogen and oxygen atoms in total. The molecule has 3 rings (SSSR count). The lowest BCUT2D eigenvalue weighted by atomic mass is 9.98. The minimum Gasteiger partial charge on any atom is -0.379 e. The summed E-state index contributed by atoms with van der Waals surface area (Å²) in [7, 11) is 0. The third-order valence-electron chi connectivity index (χ3n) is 4.09. The van der Waals surface area contributed by atoms with Gasteiger partial charge in [-0.15, -0.1) is 11.3 Å². The van der Waals surface area contributed by atoms with Crippen LogP contribution in [0.15, 0.2) is 22.7 Å². The summed E-state index contributed by atoms with van der Waals surface area (Å²) in [6.07, 6.45) is 3.29. The monoisotopic (exact) mass is 320 g/mol. The smallest absolute Gasteiger partial charge is 0.137 e. The summed E-state index contributed by atoms with van der Waals surface area (Å²) in [6, 6.07) is 6.91. The van der Waals surface area contributed by atoms with Gasteiger partial charge in [-0.1, -0.05) is 18.5 Å². The van der Waals surface area contributed by atoms with Crippen LogP contribution in [0.4, 0.5) is 0 Å². The van der Waals surface area contributed by atoms with Crippen LogP contribution in [0.5, 0.6) is 0 Å². The Kier molecular flexibility index (Phi) is 5.28. The van der Waals surface area contributed by atoms with E-state index in [-0.39, 0.29) is 0 Å². The van der Waals surface area contributed by atoms with Crippen LogP contribution in [0.2, 0.25) is 0 Å². The lowest BCUT2D eigenvalue weighted by Crippen LogP contribution is -2.35. The average Bonchev–Trinajstić information content (AvgIpc) is 3.20. The van der Waals surface area contributed by atoms with E-state index in [2.05, 4.69) is 29.5 Å². The second-order valence-electron chi connectivity index (χ2n) is 6.04. The number of nitrogens with zero attached hydrogens (tertiary/aromatic N) is 1. The fourth-order valence-corrected chi connectivity index (χ4v) is 4.00. The van der Waals surface area contributed by atoms with Crippen molar-refractivity contribution in [1.29, 1.82) is 0 Å². The topological polar surface area (TPSA) is 47.3 Å². The lowest BCUT2D eigenvalue weighted by Gasteiger charge is -2.17. The van der Waals surface area contributed by atoms with Crippen molar-refractivity contribution < 1.29 is 9.26 Å². The summed E-state index contributed by atoms with van der Waals surface area (Å²) in [5.74, 6) is 1.42. The first-order chi connectivity index (χ1) is 10.7. The van der Waals surface area contributed by atoms with E-state index in [0.29, 0.717) is 12.0 Å². The van der Waals surface area contributed by atoms with Crippen LogP contribution in [0, 0.1) is 12.8 Å². The quantitative estimate of drug-likeness (QED) is 0.850. The Morgan fingerprint density at radius 1 is 1.32 bits per heavy atom. The van der Waals surface area contributed by atoms with Crippen LogP contribution >= 0.6 is 11.3 Å². The van der Waals surface area contributed by atoms with Crippen LogP contribution in [0.25, 0.3) is 0 Å². The molecule has 0 aliphatic carbocycles. The maximum Gasteiger partial charge on any atom is 0.137 e. The second kappa shape index (κ2) is 7.40. The molecule has 3 heterocycles. The van der Waals surface area contributed by atoms with E-state index >= 15 is 0 Å². The molecule has 1 fully saturated rings. The zero-order valence-electron chi connectivity index (χ0n) is 13.3. The van der Waals surface area contributed by atoms with Crippen molar-refractivity contribution in [2.24, 2.45) is 5.92 Å². The van der Waals surface area contributed by atoms with Gasteiger partial charge in [0.15, 0.2) is 0 Å². The first kappa shape index (κ1) is 15.7. The second-order valence-corrected chi connectivity index (χ2v) is 7.29. The number of thiophene rings is 1. The van der Waals surface area contributed by atoms with Crippen LogP contribution in [-0.4, -0.2) is 24.4 Å². The maximum atomic E-state index is 5.66. The summed E-state index contributed by atoms with van der Waals surface area (Å²) in [4.78, 5) is 2.89. The highest BCUT2D eigenvalue weighted by Gasteiger charge is 2.29. The minimum atomic E-state index is 0.391. The van der Waals surface area contributed by atoms with Crippen molar-refractivity contribution in [3.05, 3.63) is 39.4 Å².